The smallest absolute Gasteiger partial charge is 0.254 e. The van der Waals surface area contributed by atoms with Crippen LogP contribution in [0.4, 0.5) is 4.39 Å². The zero-order valence-corrected chi connectivity index (χ0v) is 16.5. The Morgan fingerprint density at radius 1 is 0.926 bits per heavy atom. The Morgan fingerprint density at radius 2 is 1.67 bits per heavy atom. The van der Waals surface area contributed by atoms with E-state index in [9.17, 15) is 9.18 Å². The van der Waals surface area contributed by atoms with Gasteiger partial charge in [-0.1, -0.05) is 52.3 Å². The molecule has 5 heteroatoms. The van der Waals surface area contributed by atoms with Gasteiger partial charge in [-0.05, 0) is 47.7 Å². The van der Waals surface area contributed by atoms with Crippen LogP contribution in [0.5, 0.6) is 5.75 Å². The van der Waals surface area contributed by atoms with Crippen LogP contribution >= 0.6 is 15.9 Å². The van der Waals surface area contributed by atoms with Crippen LogP contribution in [0.25, 0.3) is 0 Å². The van der Waals surface area contributed by atoms with E-state index in [1.165, 1.54) is 29.3 Å². The monoisotopic (exact) mass is 429 g/mol. The first kappa shape index (κ1) is 19.4. The van der Waals surface area contributed by atoms with Crippen molar-refractivity contribution in [1.82, 2.24) is 4.57 Å². The Hall–Kier alpha value is -2.40. The van der Waals surface area contributed by atoms with Crippen LogP contribution in [0.1, 0.15) is 16.7 Å². The van der Waals surface area contributed by atoms with Crippen molar-refractivity contribution in [3.63, 3.8) is 0 Å². The van der Waals surface area contributed by atoms with Gasteiger partial charge < -0.3 is 9.30 Å². The zero-order chi connectivity index (χ0) is 19.1. The maximum absolute atomic E-state index is 13.2. The first-order chi connectivity index (χ1) is 13.1. The molecule has 0 fully saturated rings. The zero-order valence-electron chi connectivity index (χ0n) is 14.9. The van der Waals surface area contributed by atoms with E-state index < -0.39 is 0 Å². The Labute approximate surface area is 166 Å². The number of ether oxygens (including phenoxy) is 1. The lowest BCUT2D eigenvalue weighted by Gasteiger charge is -2.09. The summed E-state index contributed by atoms with van der Waals surface area (Å²) >= 11 is 3.44. The number of benzene rings is 2. The summed E-state index contributed by atoms with van der Waals surface area (Å²) in [6.07, 6.45) is 3.54. The molecule has 3 rings (SSSR count). The van der Waals surface area contributed by atoms with Crippen LogP contribution in [0.3, 0.4) is 0 Å². The molecule has 0 aliphatic heterocycles. The van der Waals surface area contributed by atoms with Gasteiger partial charge in [-0.25, -0.2) is 4.39 Å². The van der Waals surface area contributed by atoms with E-state index in [4.69, 9.17) is 4.74 Å². The molecular formula is C22H21BrFNO2. The molecule has 0 saturated heterocycles. The summed E-state index contributed by atoms with van der Waals surface area (Å²) in [5.74, 6) is 0.186. The molecule has 0 N–H and O–H groups in total. The highest BCUT2D eigenvalue weighted by Crippen LogP contribution is 2.12. The van der Waals surface area contributed by atoms with Crippen molar-refractivity contribution in [1.29, 1.82) is 0 Å². The summed E-state index contributed by atoms with van der Waals surface area (Å²) in [5.41, 5.74) is 3.12. The minimum Gasteiger partial charge on any atom is -0.489 e. The van der Waals surface area contributed by atoms with E-state index in [1.807, 2.05) is 0 Å². The molecule has 0 atom stereocenters. The average Bonchev–Trinajstić information content (AvgIpc) is 2.67. The fourth-order valence-electron chi connectivity index (χ4n) is 2.79. The van der Waals surface area contributed by atoms with Gasteiger partial charge in [0.2, 0.25) is 0 Å². The van der Waals surface area contributed by atoms with Gasteiger partial charge in [-0.2, -0.15) is 0 Å². The molecule has 0 aliphatic rings. The second kappa shape index (κ2) is 9.51. The van der Waals surface area contributed by atoms with Gasteiger partial charge in [0.25, 0.3) is 5.56 Å². The fourth-order valence-corrected chi connectivity index (χ4v) is 3.25. The predicted molar refractivity (Wildman–Crippen MR) is 109 cm³/mol. The molecule has 0 unspecified atom stereocenters. The highest BCUT2D eigenvalue weighted by atomic mass is 79.9. The predicted octanol–water partition coefficient (Wildman–Crippen LogP) is 4.75. The van der Waals surface area contributed by atoms with Crippen LogP contribution in [-0.4, -0.2) is 9.90 Å². The Kier molecular flexibility index (Phi) is 6.82. The minimum absolute atomic E-state index is 0.109. The number of rotatable bonds is 8. The molecule has 27 heavy (non-hydrogen) atoms. The van der Waals surface area contributed by atoms with Crippen LogP contribution in [-0.2, 0) is 26.0 Å². The highest BCUT2D eigenvalue weighted by Gasteiger charge is 2.03. The number of halogens is 2. The van der Waals surface area contributed by atoms with Crippen molar-refractivity contribution >= 4 is 15.9 Å². The molecule has 0 radical (unpaired) electrons. The highest BCUT2D eigenvalue weighted by molar-refractivity contribution is 9.09. The first-order valence-corrected chi connectivity index (χ1v) is 9.98. The standard InChI is InChI=1S/C22H21BrFNO2/c23-11-8-17-4-6-18(7-5-17)9-12-25-13-10-21(15-22(25)26)27-16-19-2-1-3-20(24)14-19/h1-7,10,13-15H,8-9,11-12,16H2. The SMILES string of the molecule is O=c1cc(OCc2cccc(F)c2)ccn1CCc1ccc(CCBr)cc1. The Morgan fingerprint density at radius 3 is 2.33 bits per heavy atom. The molecule has 3 aromatic rings. The lowest BCUT2D eigenvalue weighted by Crippen LogP contribution is -2.19. The van der Waals surface area contributed by atoms with Gasteiger partial charge in [0, 0.05) is 24.1 Å². The van der Waals surface area contributed by atoms with E-state index in [-0.39, 0.29) is 18.0 Å². The molecule has 1 aromatic heterocycles. The van der Waals surface area contributed by atoms with Crippen molar-refractivity contribution in [3.05, 3.63) is 99.7 Å². The Bertz CT molecular complexity index is 938. The number of alkyl halides is 1. The third-order valence-electron chi connectivity index (χ3n) is 4.31. The van der Waals surface area contributed by atoms with Crippen molar-refractivity contribution < 1.29 is 9.13 Å². The van der Waals surface area contributed by atoms with Crippen molar-refractivity contribution in [2.75, 3.05) is 5.33 Å². The normalized spacial score (nSPS) is 10.7. The van der Waals surface area contributed by atoms with Gasteiger partial charge in [0.05, 0.1) is 0 Å². The van der Waals surface area contributed by atoms with Crippen LogP contribution in [0.15, 0.2) is 71.7 Å². The number of hydrogen-bond acceptors (Lipinski definition) is 2. The summed E-state index contributed by atoms with van der Waals surface area (Å²) in [7, 11) is 0. The quantitative estimate of drug-likeness (QED) is 0.484. The summed E-state index contributed by atoms with van der Waals surface area (Å²) in [6, 6.07) is 17.9. The molecule has 0 aliphatic carbocycles. The molecule has 140 valence electrons. The van der Waals surface area contributed by atoms with Crippen molar-refractivity contribution in [2.45, 2.75) is 26.0 Å². The van der Waals surface area contributed by atoms with E-state index in [1.54, 1.807) is 29.0 Å². The summed E-state index contributed by atoms with van der Waals surface area (Å²) in [5, 5.41) is 0.954. The van der Waals surface area contributed by atoms with Gasteiger partial charge in [-0.15, -0.1) is 0 Å². The molecule has 1 heterocycles. The third kappa shape index (κ3) is 5.79. The van der Waals surface area contributed by atoms with E-state index in [0.29, 0.717) is 12.3 Å². The maximum Gasteiger partial charge on any atom is 0.254 e. The first-order valence-electron chi connectivity index (χ1n) is 8.85. The average molecular weight is 430 g/mol. The number of aromatic nitrogens is 1. The molecular weight excluding hydrogens is 409 g/mol. The van der Waals surface area contributed by atoms with Gasteiger partial charge in [0.1, 0.15) is 18.2 Å². The third-order valence-corrected chi connectivity index (χ3v) is 4.71. The lowest BCUT2D eigenvalue weighted by molar-refractivity contribution is 0.304. The van der Waals surface area contributed by atoms with Crippen LogP contribution in [0, 0.1) is 5.82 Å². The molecule has 2 aromatic carbocycles. The molecule has 0 bridgehead atoms. The molecule has 0 spiro atoms. The summed E-state index contributed by atoms with van der Waals surface area (Å²) < 4.78 is 20.5. The van der Waals surface area contributed by atoms with Gasteiger partial charge >= 0.3 is 0 Å². The second-order valence-electron chi connectivity index (χ2n) is 6.32. The molecule has 0 saturated carbocycles. The number of aryl methyl sites for hydroxylation is 3. The summed E-state index contributed by atoms with van der Waals surface area (Å²) in [4.78, 5) is 12.3. The van der Waals surface area contributed by atoms with Crippen LogP contribution < -0.4 is 10.3 Å². The Balaban J connectivity index is 1.57. The fraction of sp³-hybridized carbons (Fsp3) is 0.227. The summed E-state index contributed by atoms with van der Waals surface area (Å²) in [6.45, 7) is 0.836. The van der Waals surface area contributed by atoms with Gasteiger partial charge in [0.15, 0.2) is 0 Å². The maximum atomic E-state index is 13.2. The van der Waals surface area contributed by atoms with Gasteiger partial charge in [-0.3, -0.25) is 4.79 Å². The van der Waals surface area contributed by atoms with E-state index in [0.717, 1.165) is 23.7 Å². The second-order valence-corrected chi connectivity index (χ2v) is 7.11. The minimum atomic E-state index is -0.299. The van der Waals surface area contributed by atoms with E-state index in [2.05, 4.69) is 40.2 Å². The lowest BCUT2D eigenvalue weighted by atomic mass is 10.1. The topological polar surface area (TPSA) is 31.2 Å². The number of hydrogen-bond donors (Lipinski definition) is 0. The molecule has 3 nitrogen and oxygen atoms in total. The van der Waals surface area contributed by atoms with E-state index >= 15 is 0 Å². The van der Waals surface area contributed by atoms with Crippen LogP contribution in [0.2, 0.25) is 0 Å². The van der Waals surface area contributed by atoms with Crippen molar-refractivity contribution in [2.24, 2.45) is 0 Å². The van der Waals surface area contributed by atoms with Crippen molar-refractivity contribution in [3.8, 4) is 5.75 Å². The molecule has 0 amide bonds. The largest absolute Gasteiger partial charge is 0.489 e. The number of nitrogens with zero attached hydrogens (tertiary/aromatic N) is 1. The number of pyridine rings is 1.